The third kappa shape index (κ3) is 12.8. The van der Waals surface area contributed by atoms with Crippen LogP contribution in [-0.2, 0) is 9.59 Å². The zero-order valence-corrected chi connectivity index (χ0v) is 31.0. The quantitative estimate of drug-likeness (QED) is 0.0328. The van der Waals surface area contributed by atoms with Gasteiger partial charge in [0.1, 0.15) is 5.75 Å². The van der Waals surface area contributed by atoms with Crippen LogP contribution in [0.15, 0.2) is 101 Å². The van der Waals surface area contributed by atoms with E-state index in [9.17, 15) is 33.5 Å². The molecule has 5 rings (SSSR count). The number of aromatic hydroxyl groups is 2. The van der Waals surface area contributed by atoms with Crippen LogP contribution in [0.1, 0.15) is 55.0 Å². The summed E-state index contributed by atoms with van der Waals surface area (Å²) in [6, 6.07) is 18.5. The minimum atomic E-state index is -2.68. The first kappa shape index (κ1) is 40.7. The van der Waals surface area contributed by atoms with E-state index in [2.05, 4.69) is 20.9 Å². The number of nitrogens with zero attached hydrogens (tertiary/aromatic N) is 2. The average molecular weight is 772 g/mol. The number of allylic oxidation sites excluding steroid dienone is 3. The van der Waals surface area contributed by atoms with E-state index in [-0.39, 0.29) is 36.5 Å². The van der Waals surface area contributed by atoms with Crippen molar-refractivity contribution in [1.29, 1.82) is 0 Å². The zero-order chi connectivity index (χ0) is 39.0. The van der Waals surface area contributed by atoms with E-state index in [0.29, 0.717) is 73.0 Å². The number of aliphatic hydroxyl groups excluding tert-OH is 1. The Morgan fingerprint density at radius 1 is 0.891 bits per heavy atom. The van der Waals surface area contributed by atoms with E-state index in [1.807, 2.05) is 47.9 Å². The molecule has 1 aliphatic heterocycles. The Labute approximate surface area is 323 Å². The summed E-state index contributed by atoms with van der Waals surface area (Å²) < 4.78 is 34.5. The van der Waals surface area contributed by atoms with Crippen LogP contribution in [0.3, 0.4) is 0 Å². The summed E-state index contributed by atoms with van der Waals surface area (Å²) >= 11 is 1.41. The predicted molar refractivity (Wildman–Crippen MR) is 213 cm³/mol. The van der Waals surface area contributed by atoms with Crippen molar-refractivity contribution in [2.75, 3.05) is 32.8 Å². The van der Waals surface area contributed by atoms with Gasteiger partial charge in [-0.1, -0.05) is 36.8 Å². The number of carbonyl (C=O) groups excluding carboxylic acids is 2. The molecule has 0 aliphatic carbocycles. The molecule has 55 heavy (non-hydrogen) atoms. The SMILES string of the molecule is O=C(CCCCCNC(=O)COc1ccc(/C=C/C2=NC(=C\c3ccc(-c4cccs4)n3B(F)F)/C=C2)cc1)NCCCNC[C@H](O)c1ccc(O)c(O)c1. The number of ether oxygens (including phenoxy) is 1. The molecule has 0 spiro atoms. The topological polar surface area (TPSA) is 157 Å². The first-order valence-corrected chi connectivity index (χ1v) is 18.9. The second kappa shape index (κ2) is 20.8. The molecule has 0 saturated heterocycles. The number of rotatable bonds is 21. The van der Waals surface area contributed by atoms with Gasteiger partial charge in [0.2, 0.25) is 5.91 Å². The molecule has 1 atom stereocenters. The number of phenols is 2. The molecule has 0 saturated carbocycles. The molecule has 2 aromatic heterocycles. The molecule has 2 amide bonds. The van der Waals surface area contributed by atoms with Crippen LogP contribution >= 0.6 is 11.3 Å². The number of benzene rings is 2. The highest BCUT2D eigenvalue weighted by atomic mass is 32.1. The molecule has 15 heteroatoms. The number of halogens is 2. The summed E-state index contributed by atoms with van der Waals surface area (Å²) in [5.41, 5.74) is 3.49. The van der Waals surface area contributed by atoms with Crippen molar-refractivity contribution in [3.8, 4) is 27.8 Å². The number of aliphatic imine (C=N–C) groups is 1. The number of thiophene rings is 1. The summed E-state index contributed by atoms with van der Waals surface area (Å²) in [6.07, 6.45) is 11.5. The lowest BCUT2D eigenvalue weighted by Gasteiger charge is -2.13. The molecule has 3 heterocycles. The van der Waals surface area contributed by atoms with Gasteiger partial charge in [-0.15, -0.1) is 11.3 Å². The number of aliphatic hydroxyl groups is 1. The van der Waals surface area contributed by atoms with Gasteiger partial charge < -0.3 is 40.5 Å². The van der Waals surface area contributed by atoms with E-state index in [4.69, 9.17) is 4.74 Å². The van der Waals surface area contributed by atoms with E-state index >= 15 is 0 Å². The maximum atomic E-state index is 13.9. The van der Waals surface area contributed by atoms with Crippen LogP contribution in [0.2, 0.25) is 0 Å². The summed E-state index contributed by atoms with van der Waals surface area (Å²) in [6.45, 7) is 1.74. The third-order valence-corrected chi connectivity index (χ3v) is 9.46. The fraction of sp³-hybridized carbons (Fsp3) is 0.275. The van der Waals surface area contributed by atoms with Gasteiger partial charge in [-0.05, 0) is 109 Å². The molecule has 0 radical (unpaired) electrons. The van der Waals surface area contributed by atoms with Crippen LogP contribution in [0.5, 0.6) is 17.2 Å². The Bertz CT molecular complexity index is 2000. The first-order chi connectivity index (χ1) is 26.7. The Morgan fingerprint density at radius 3 is 2.45 bits per heavy atom. The van der Waals surface area contributed by atoms with Crippen molar-refractivity contribution >= 4 is 48.4 Å². The van der Waals surface area contributed by atoms with Gasteiger partial charge in [0.15, 0.2) is 18.1 Å². The molecule has 2 aromatic carbocycles. The van der Waals surface area contributed by atoms with Gasteiger partial charge in [0.05, 0.1) is 23.2 Å². The van der Waals surface area contributed by atoms with Crippen LogP contribution in [0.25, 0.3) is 22.7 Å². The standard InChI is InChI=1S/C40H44BF2N5O6S/c42-41(43)48-32(15-18-34(48)38-6-4-23-55-38)25-31-14-13-30(47-31)12-8-28-9-16-33(17-10-28)54-27-40(53)46-21-3-1-2-7-39(52)45-22-5-20-44-26-37(51)29-11-19-35(49)36(50)24-29/h4,6,8-19,23-25,37,44,49-51H,1-3,5,7,20-22,26-27H2,(H,45,52)(H,46,53)/b12-8+,31-25-/t37-/m0/s1. The van der Waals surface area contributed by atoms with Crippen molar-refractivity contribution in [3.63, 3.8) is 0 Å². The molecule has 0 fully saturated rings. The molecular formula is C40H44BF2N5O6S. The lowest BCUT2D eigenvalue weighted by molar-refractivity contribution is -0.123. The highest BCUT2D eigenvalue weighted by molar-refractivity contribution is 7.13. The molecule has 4 aromatic rings. The second-order valence-corrected chi connectivity index (χ2v) is 13.7. The van der Waals surface area contributed by atoms with Crippen LogP contribution in [0, 0.1) is 0 Å². The van der Waals surface area contributed by atoms with Gasteiger partial charge in [-0.3, -0.25) is 18.2 Å². The van der Waals surface area contributed by atoms with Crippen molar-refractivity contribution in [3.05, 3.63) is 113 Å². The van der Waals surface area contributed by atoms with Gasteiger partial charge in [0, 0.05) is 36.6 Å². The number of aromatic nitrogens is 1. The van der Waals surface area contributed by atoms with Crippen LogP contribution < -0.4 is 20.7 Å². The van der Waals surface area contributed by atoms with Crippen molar-refractivity contribution in [2.24, 2.45) is 4.99 Å². The second-order valence-electron chi connectivity index (χ2n) is 12.7. The zero-order valence-electron chi connectivity index (χ0n) is 30.2. The number of carbonyl (C=O) groups is 2. The van der Waals surface area contributed by atoms with Gasteiger partial charge >= 0.3 is 7.40 Å². The molecule has 0 unspecified atom stereocenters. The monoisotopic (exact) mass is 771 g/mol. The molecule has 11 nitrogen and oxygen atoms in total. The van der Waals surface area contributed by atoms with Crippen LogP contribution in [-0.4, -0.2) is 77.5 Å². The first-order valence-electron chi connectivity index (χ1n) is 18.0. The summed E-state index contributed by atoms with van der Waals surface area (Å²) in [5.74, 6) is -0.240. The fourth-order valence-electron chi connectivity index (χ4n) is 5.65. The molecule has 288 valence electrons. The number of unbranched alkanes of at least 4 members (excludes halogenated alkanes) is 2. The largest absolute Gasteiger partial charge is 0.678 e. The Morgan fingerprint density at radius 2 is 1.69 bits per heavy atom. The lowest BCUT2D eigenvalue weighted by Crippen LogP contribution is -2.30. The number of hydrogen-bond acceptors (Lipinski definition) is 9. The normalized spacial score (nSPS) is 13.7. The van der Waals surface area contributed by atoms with Gasteiger partial charge in [0.25, 0.3) is 5.91 Å². The average Bonchev–Trinajstić information content (AvgIpc) is 3.96. The lowest BCUT2D eigenvalue weighted by atomic mass is 10.1. The van der Waals surface area contributed by atoms with Crippen LogP contribution in [0.4, 0.5) is 8.63 Å². The molecule has 6 N–H and O–H groups in total. The highest BCUT2D eigenvalue weighted by Gasteiger charge is 2.24. The molecule has 0 bridgehead atoms. The highest BCUT2D eigenvalue weighted by Crippen LogP contribution is 2.30. The van der Waals surface area contributed by atoms with E-state index in [1.165, 1.54) is 23.5 Å². The predicted octanol–water partition coefficient (Wildman–Crippen LogP) is 6.35. The maximum absolute atomic E-state index is 13.9. The number of nitrogens with one attached hydrogen (secondary N) is 3. The fourth-order valence-corrected chi connectivity index (χ4v) is 6.40. The van der Waals surface area contributed by atoms with E-state index in [0.717, 1.165) is 27.8 Å². The summed E-state index contributed by atoms with van der Waals surface area (Å²) in [7, 11) is -2.68. The van der Waals surface area contributed by atoms with Crippen molar-refractivity contribution in [2.45, 2.75) is 38.2 Å². The summed E-state index contributed by atoms with van der Waals surface area (Å²) in [4.78, 5) is 29.6. The summed E-state index contributed by atoms with van der Waals surface area (Å²) in [5, 5.41) is 39.8. The van der Waals surface area contributed by atoms with E-state index < -0.39 is 13.5 Å². The number of phenolic OH excluding ortho intramolecular Hbond substituents is 2. The molecule has 1 aliphatic rings. The third-order valence-electron chi connectivity index (χ3n) is 8.57. The minimum Gasteiger partial charge on any atom is -0.504 e. The number of hydrogen-bond donors (Lipinski definition) is 6. The van der Waals surface area contributed by atoms with E-state index in [1.54, 1.807) is 42.5 Å². The smallest absolute Gasteiger partial charge is 0.504 e. The Balaban J connectivity index is 0.904. The van der Waals surface area contributed by atoms with Gasteiger partial charge in [-0.2, -0.15) is 0 Å². The maximum Gasteiger partial charge on any atom is 0.678 e. The van der Waals surface area contributed by atoms with Crippen molar-refractivity contribution in [1.82, 2.24) is 20.4 Å². The number of amides is 2. The Hall–Kier alpha value is -5.51. The van der Waals surface area contributed by atoms with Gasteiger partial charge in [-0.25, -0.2) is 4.99 Å². The Kier molecular flexibility index (Phi) is 15.4. The van der Waals surface area contributed by atoms with Crippen molar-refractivity contribution < 1.29 is 38.3 Å². The molecular weight excluding hydrogens is 727 g/mol. The minimum absolute atomic E-state index is 0.0332.